The van der Waals surface area contributed by atoms with E-state index in [0.717, 1.165) is 22.3 Å². The Bertz CT molecular complexity index is 2940. The van der Waals surface area contributed by atoms with Crippen LogP contribution in [0.3, 0.4) is 0 Å². The molecule has 0 unspecified atom stereocenters. The standard InChI is InChI=1S/C31H39NO7S.C27H33NO6S/c1-30(2,3)39-29(33)18-24-16-25(31(4,5)34)19-28(17-24)40(35,36)32(20-22-8-12-26(37-6)13-9-22)21-23-10-14-27(38-7)15-11-23;1-27(2,30)23-15-22(13-14-29)16-26(17-23)35(31,32)28(18-20-5-9-24(33-3)10-6-20)19-21-7-11-25(34-4)12-8-21/h8-17,19,34H,18,20-21H2,1-7H3;5-12,15-17,29-30H,13-14,18-19H2,1-4H3. The molecule has 0 atom stereocenters. The number of benzene rings is 6. The highest BCUT2D eigenvalue weighted by Gasteiger charge is 2.31. The zero-order valence-electron chi connectivity index (χ0n) is 44.8. The van der Waals surface area contributed by atoms with Crippen molar-refractivity contribution in [1.29, 1.82) is 0 Å². The zero-order chi connectivity index (χ0) is 55.4. The number of sulfonamides is 2. The van der Waals surface area contributed by atoms with Gasteiger partial charge in [-0.05, 0) is 172 Å². The van der Waals surface area contributed by atoms with Crippen molar-refractivity contribution in [2.45, 2.75) is 114 Å². The highest BCUT2D eigenvalue weighted by atomic mass is 32.2. The van der Waals surface area contributed by atoms with Gasteiger partial charge in [-0.25, -0.2) is 16.8 Å². The van der Waals surface area contributed by atoms with Crippen molar-refractivity contribution < 1.29 is 60.6 Å². The smallest absolute Gasteiger partial charge is 0.310 e. The van der Waals surface area contributed by atoms with E-state index in [1.165, 1.54) is 26.8 Å². The number of ether oxygens (including phenoxy) is 5. The number of esters is 1. The van der Waals surface area contributed by atoms with Gasteiger partial charge in [0.1, 0.15) is 28.6 Å². The average molecular weight is 1070 g/mol. The second kappa shape index (κ2) is 25.5. The Labute approximate surface area is 443 Å². The predicted octanol–water partition coefficient (Wildman–Crippen LogP) is 9.06. The van der Waals surface area contributed by atoms with Gasteiger partial charge in [-0.3, -0.25) is 4.79 Å². The molecule has 0 saturated carbocycles. The second-order valence-electron chi connectivity index (χ2n) is 20.0. The van der Waals surface area contributed by atoms with Crippen LogP contribution in [0.15, 0.2) is 143 Å². The number of aliphatic hydroxyl groups excluding tert-OH is 1. The van der Waals surface area contributed by atoms with Gasteiger partial charge in [-0.1, -0.05) is 60.7 Å². The Kier molecular flexibility index (Phi) is 20.2. The third-order valence-corrected chi connectivity index (χ3v) is 15.4. The number of carbonyl (C=O) groups is 1. The highest BCUT2D eigenvalue weighted by Crippen LogP contribution is 2.32. The van der Waals surface area contributed by atoms with Crippen molar-refractivity contribution in [3.63, 3.8) is 0 Å². The van der Waals surface area contributed by atoms with E-state index < -0.39 is 42.8 Å². The molecule has 75 heavy (non-hydrogen) atoms. The molecule has 404 valence electrons. The fraction of sp³-hybridized carbons (Fsp3) is 0.362. The van der Waals surface area contributed by atoms with Crippen LogP contribution in [-0.2, 0) is 79.8 Å². The van der Waals surface area contributed by atoms with Gasteiger partial charge in [0, 0.05) is 32.8 Å². The third-order valence-electron chi connectivity index (χ3n) is 11.9. The summed E-state index contributed by atoms with van der Waals surface area (Å²) in [6.07, 6.45) is 0.143. The quantitative estimate of drug-likeness (QED) is 0.0545. The van der Waals surface area contributed by atoms with Crippen LogP contribution in [0.25, 0.3) is 0 Å². The molecule has 0 aliphatic carbocycles. The number of carbonyl (C=O) groups excluding carboxylic acids is 1. The molecule has 6 rings (SSSR count). The second-order valence-corrected chi connectivity index (χ2v) is 23.9. The van der Waals surface area contributed by atoms with Crippen molar-refractivity contribution in [3.8, 4) is 23.0 Å². The molecule has 17 heteroatoms. The van der Waals surface area contributed by atoms with Gasteiger partial charge in [0.25, 0.3) is 0 Å². The van der Waals surface area contributed by atoms with Gasteiger partial charge in [0.05, 0.1) is 55.9 Å². The molecule has 0 aliphatic rings. The Morgan fingerprint density at radius 2 is 0.747 bits per heavy atom. The monoisotopic (exact) mass is 1070 g/mol. The van der Waals surface area contributed by atoms with E-state index in [0.29, 0.717) is 45.3 Å². The van der Waals surface area contributed by atoms with Crippen LogP contribution >= 0.6 is 0 Å². The van der Waals surface area contributed by atoms with Crippen LogP contribution in [-0.4, -0.2) is 87.4 Å². The minimum atomic E-state index is -4.10. The van der Waals surface area contributed by atoms with Crippen LogP contribution in [0.4, 0.5) is 0 Å². The number of nitrogens with zero attached hydrogens (tertiary/aromatic N) is 2. The topological polar surface area (TPSA) is 199 Å². The van der Waals surface area contributed by atoms with Crippen molar-refractivity contribution in [1.82, 2.24) is 8.61 Å². The summed E-state index contributed by atoms with van der Waals surface area (Å²) in [6, 6.07) is 38.3. The van der Waals surface area contributed by atoms with E-state index in [9.17, 15) is 36.9 Å². The normalized spacial score (nSPS) is 12.2. The molecule has 0 amide bonds. The summed E-state index contributed by atoms with van der Waals surface area (Å²) in [5.41, 5.74) is 1.79. The Morgan fingerprint density at radius 1 is 0.453 bits per heavy atom. The van der Waals surface area contributed by atoms with E-state index in [1.54, 1.807) is 144 Å². The Hall–Kier alpha value is -6.31. The molecule has 0 fully saturated rings. The van der Waals surface area contributed by atoms with E-state index in [2.05, 4.69) is 0 Å². The van der Waals surface area contributed by atoms with Gasteiger partial charge in [-0.15, -0.1) is 0 Å². The molecule has 0 aromatic heterocycles. The molecule has 0 radical (unpaired) electrons. The molecular formula is C58H72N2O13S2. The van der Waals surface area contributed by atoms with Crippen LogP contribution in [0.5, 0.6) is 23.0 Å². The lowest BCUT2D eigenvalue weighted by Gasteiger charge is -2.25. The molecule has 15 nitrogen and oxygen atoms in total. The van der Waals surface area contributed by atoms with Crippen molar-refractivity contribution in [2.75, 3.05) is 35.0 Å². The van der Waals surface area contributed by atoms with Gasteiger partial charge >= 0.3 is 5.97 Å². The maximum absolute atomic E-state index is 14.2. The van der Waals surface area contributed by atoms with E-state index in [4.69, 9.17) is 23.7 Å². The number of hydrogen-bond donors (Lipinski definition) is 3. The van der Waals surface area contributed by atoms with Crippen molar-refractivity contribution >= 4 is 26.0 Å². The fourth-order valence-electron chi connectivity index (χ4n) is 7.73. The van der Waals surface area contributed by atoms with Crippen molar-refractivity contribution in [2.24, 2.45) is 0 Å². The summed E-state index contributed by atoms with van der Waals surface area (Å²) >= 11 is 0. The lowest BCUT2D eigenvalue weighted by molar-refractivity contribution is -0.153. The predicted molar refractivity (Wildman–Crippen MR) is 289 cm³/mol. The van der Waals surface area contributed by atoms with Crippen LogP contribution in [0.1, 0.15) is 93.0 Å². The summed E-state index contributed by atoms with van der Waals surface area (Å²) in [7, 11) is -1.78. The van der Waals surface area contributed by atoms with E-state index in [1.807, 2.05) is 48.5 Å². The van der Waals surface area contributed by atoms with Gasteiger partial charge in [0.2, 0.25) is 20.0 Å². The Morgan fingerprint density at radius 3 is 1.01 bits per heavy atom. The first kappa shape index (κ1) is 59.6. The van der Waals surface area contributed by atoms with Crippen molar-refractivity contribution in [3.05, 3.63) is 178 Å². The molecule has 0 bridgehead atoms. The van der Waals surface area contributed by atoms with Gasteiger partial charge < -0.3 is 39.0 Å². The highest BCUT2D eigenvalue weighted by molar-refractivity contribution is 7.89. The number of aliphatic hydroxyl groups is 3. The van der Waals surface area contributed by atoms with Crippen LogP contribution < -0.4 is 18.9 Å². The molecular weight excluding hydrogens is 997 g/mol. The average Bonchev–Trinajstić information content (AvgIpc) is 3.35. The van der Waals surface area contributed by atoms with Gasteiger partial charge in [-0.2, -0.15) is 8.61 Å². The van der Waals surface area contributed by atoms with Crippen LogP contribution in [0, 0.1) is 0 Å². The summed E-state index contributed by atoms with van der Waals surface area (Å²) in [6.45, 7) is 12.0. The largest absolute Gasteiger partial charge is 0.497 e. The third kappa shape index (κ3) is 17.4. The minimum absolute atomic E-state index is 0.0206. The lowest BCUT2D eigenvalue weighted by atomic mass is 9.96. The van der Waals surface area contributed by atoms with Gasteiger partial charge in [0.15, 0.2) is 0 Å². The fourth-order valence-corrected chi connectivity index (χ4v) is 10.8. The maximum atomic E-state index is 14.2. The first-order valence-corrected chi connectivity index (χ1v) is 27.1. The summed E-state index contributed by atoms with van der Waals surface area (Å²) in [4.78, 5) is 12.7. The molecule has 6 aromatic rings. The van der Waals surface area contributed by atoms with Crippen LogP contribution in [0.2, 0.25) is 0 Å². The first-order valence-electron chi connectivity index (χ1n) is 24.3. The minimum Gasteiger partial charge on any atom is -0.497 e. The molecule has 6 aromatic carbocycles. The summed E-state index contributed by atoms with van der Waals surface area (Å²) < 4.78 is 85.5. The maximum Gasteiger partial charge on any atom is 0.310 e. The SMILES string of the molecule is COc1ccc(CN(Cc2ccc(OC)cc2)S(=O)(=O)c2cc(CC(=O)OC(C)(C)C)cc(C(C)(C)O)c2)cc1.COc1ccc(CN(Cc2ccc(OC)cc2)S(=O)(=O)c2cc(CCO)cc(C(C)(C)O)c2)cc1. The molecule has 3 N–H and O–H groups in total. The molecule has 0 aliphatic heterocycles. The lowest BCUT2D eigenvalue weighted by Crippen LogP contribution is -2.31. The van der Waals surface area contributed by atoms with E-state index in [-0.39, 0.29) is 55.4 Å². The summed E-state index contributed by atoms with van der Waals surface area (Å²) in [5, 5.41) is 30.8. The number of hydrogen-bond acceptors (Lipinski definition) is 13. The number of methoxy groups -OCH3 is 4. The number of rotatable bonds is 22. The molecule has 0 heterocycles. The molecule has 0 saturated heterocycles. The molecule has 0 spiro atoms. The first-order chi connectivity index (χ1) is 35.2. The Balaban J connectivity index is 0.000000280. The van der Waals surface area contributed by atoms with E-state index >= 15 is 0 Å². The summed E-state index contributed by atoms with van der Waals surface area (Å²) in [5.74, 6) is 2.21. The zero-order valence-corrected chi connectivity index (χ0v) is 46.4.